The fourth-order valence-corrected chi connectivity index (χ4v) is 2.09. The average molecular weight is 256 g/mol. The molecule has 0 aromatic carbocycles. The number of aliphatic carboxylic acids is 1. The van der Waals surface area contributed by atoms with Crippen molar-refractivity contribution in [2.24, 2.45) is 0 Å². The van der Waals surface area contributed by atoms with E-state index in [-0.39, 0.29) is 18.6 Å². The van der Waals surface area contributed by atoms with Gasteiger partial charge in [0.25, 0.3) is 0 Å². The SMILES string of the molecule is O=C(O)COC1CCN(C(=O)CNC2CC2)CC1. The minimum Gasteiger partial charge on any atom is -0.480 e. The van der Waals surface area contributed by atoms with Crippen LogP contribution in [0.4, 0.5) is 0 Å². The number of carboxylic acids is 1. The van der Waals surface area contributed by atoms with Crippen LogP contribution < -0.4 is 5.32 Å². The van der Waals surface area contributed by atoms with E-state index in [2.05, 4.69) is 5.32 Å². The smallest absolute Gasteiger partial charge is 0.329 e. The van der Waals surface area contributed by atoms with Crippen molar-refractivity contribution in [3.8, 4) is 0 Å². The molecule has 0 unspecified atom stereocenters. The van der Waals surface area contributed by atoms with E-state index in [4.69, 9.17) is 9.84 Å². The molecule has 2 rings (SSSR count). The van der Waals surface area contributed by atoms with Crippen LogP contribution in [-0.4, -0.2) is 60.3 Å². The number of nitrogens with one attached hydrogen (secondary N) is 1. The second kappa shape index (κ2) is 6.15. The summed E-state index contributed by atoms with van der Waals surface area (Å²) in [6, 6.07) is 0.547. The maximum absolute atomic E-state index is 11.8. The number of carboxylic acid groups (broad SMARTS) is 1. The van der Waals surface area contributed by atoms with Crippen molar-refractivity contribution in [3.05, 3.63) is 0 Å². The highest BCUT2D eigenvalue weighted by atomic mass is 16.5. The van der Waals surface area contributed by atoms with Gasteiger partial charge in [-0.25, -0.2) is 4.79 Å². The number of piperidine rings is 1. The molecule has 1 heterocycles. The van der Waals surface area contributed by atoms with Crippen molar-refractivity contribution in [2.75, 3.05) is 26.2 Å². The molecule has 2 N–H and O–H groups in total. The fraction of sp³-hybridized carbons (Fsp3) is 0.833. The van der Waals surface area contributed by atoms with Crippen molar-refractivity contribution in [3.63, 3.8) is 0 Å². The van der Waals surface area contributed by atoms with E-state index in [0.717, 1.165) is 12.8 Å². The normalized spacial score (nSPS) is 21.0. The van der Waals surface area contributed by atoms with E-state index in [1.807, 2.05) is 4.90 Å². The van der Waals surface area contributed by atoms with Gasteiger partial charge in [-0.2, -0.15) is 0 Å². The van der Waals surface area contributed by atoms with Gasteiger partial charge in [0.05, 0.1) is 12.6 Å². The summed E-state index contributed by atoms with van der Waals surface area (Å²) < 4.78 is 5.23. The topological polar surface area (TPSA) is 78.9 Å². The van der Waals surface area contributed by atoms with Crippen LogP contribution in [0.5, 0.6) is 0 Å². The summed E-state index contributed by atoms with van der Waals surface area (Å²) in [5.41, 5.74) is 0. The van der Waals surface area contributed by atoms with Crippen molar-refractivity contribution in [1.82, 2.24) is 10.2 Å². The summed E-state index contributed by atoms with van der Waals surface area (Å²) in [6.45, 7) is 1.50. The Hall–Kier alpha value is -1.14. The minimum atomic E-state index is -0.942. The van der Waals surface area contributed by atoms with E-state index in [0.29, 0.717) is 25.7 Å². The van der Waals surface area contributed by atoms with E-state index in [1.165, 1.54) is 12.8 Å². The third kappa shape index (κ3) is 4.27. The van der Waals surface area contributed by atoms with Crippen LogP contribution >= 0.6 is 0 Å². The molecular formula is C12H20N2O4. The summed E-state index contributed by atoms with van der Waals surface area (Å²) in [5, 5.41) is 11.7. The van der Waals surface area contributed by atoms with Crippen LogP contribution in [0, 0.1) is 0 Å². The second-order valence-corrected chi connectivity index (χ2v) is 4.94. The van der Waals surface area contributed by atoms with E-state index in [1.54, 1.807) is 0 Å². The van der Waals surface area contributed by atoms with Gasteiger partial charge in [-0.1, -0.05) is 0 Å². The molecule has 0 aromatic heterocycles. The fourth-order valence-electron chi connectivity index (χ4n) is 2.09. The maximum Gasteiger partial charge on any atom is 0.329 e. The summed E-state index contributed by atoms with van der Waals surface area (Å²) in [5.74, 6) is -0.805. The predicted molar refractivity (Wildman–Crippen MR) is 64.2 cm³/mol. The van der Waals surface area contributed by atoms with Gasteiger partial charge < -0.3 is 20.1 Å². The number of carbonyl (C=O) groups is 2. The number of ether oxygens (including phenoxy) is 1. The van der Waals surface area contributed by atoms with Crippen LogP contribution in [0.3, 0.4) is 0 Å². The van der Waals surface area contributed by atoms with Gasteiger partial charge in [0, 0.05) is 19.1 Å². The van der Waals surface area contributed by atoms with E-state index < -0.39 is 5.97 Å². The Balaban J connectivity index is 1.62. The Morgan fingerprint density at radius 3 is 2.44 bits per heavy atom. The molecule has 1 aliphatic carbocycles. The highest BCUT2D eigenvalue weighted by Gasteiger charge is 2.26. The van der Waals surface area contributed by atoms with Crippen LogP contribution in [0.2, 0.25) is 0 Å². The summed E-state index contributed by atoms with van der Waals surface area (Å²) in [4.78, 5) is 24.0. The van der Waals surface area contributed by atoms with Gasteiger partial charge >= 0.3 is 5.97 Å². The zero-order valence-electron chi connectivity index (χ0n) is 10.4. The Morgan fingerprint density at radius 2 is 1.89 bits per heavy atom. The van der Waals surface area contributed by atoms with Gasteiger partial charge in [0.15, 0.2) is 0 Å². The minimum absolute atomic E-state index is 0.0264. The van der Waals surface area contributed by atoms with Crippen LogP contribution in [0.25, 0.3) is 0 Å². The van der Waals surface area contributed by atoms with Crippen molar-refractivity contribution in [2.45, 2.75) is 37.8 Å². The highest BCUT2D eigenvalue weighted by Crippen LogP contribution is 2.18. The average Bonchev–Trinajstić information content (AvgIpc) is 3.18. The Labute approximate surface area is 106 Å². The molecule has 0 atom stereocenters. The maximum atomic E-state index is 11.8. The molecule has 18 heavy (non-hydrogen) atoms. The first kappa shape index (κ1) is 13.3. The predicted octanol–water partition coefficient (Wildman–Crippen LogP) is -0.169. The molecule has 1 saturated heterocycles. The summed E-state index contributed by atoms with van der Waals surface area (Å²) in [7, 11) is 0. The molecule has 0 radical (unpaired) electrons. The lowest BCUT2D eigenvalue weighted by Gasteiger charge is -2.31. The van der Waals surface area contributed by atoms with Crippen molar-refractivity contribution < 1.29 is 19.4 Å². The monoisotopic (exact) mass is 256 g/mol. The lowest BCUT2D eigenvalue weighted by Crippen LogP contribution is -2.45. The Morgan fingerprint density at radius 1 is 1.22 bits per heavy atom. The largest absolute Gasteiger partial charge is 0.480 e. The molecule has 0 spiro atoms. The van der Waals surface area contributed by atoms with Crippen LogP contribution in [-0.2, 0) is 14.3 Å². The molecule has 6 heteroatoms. The Bertz CT molecular complexity index is 309. The molecule has 2 fully saturated rings. The van der Waals surface area contributed by atoms with Gasteiger partial charge in [0.1, 0.15) is 6.61 Å². The van der Waals surface area contributed by atoms with Crippen LogP contribution in [0.1, 0.15) is 25.7 Å². The van der Waals surface area contributed by atoms with Crippen molar-refractivity contribution in [1.29, 1.82) is 0 Å². The molecule has 1 amide bonds. The zero-order valence-corrected chi connectivity index (χ0v) is 10.4. The molecule has 1 aliphatic heterocycles. The molecule has 0 aromatic rings. The first-order chi connectivity index (χ1) is 8.65. The molecule has 1 saturated carbocycles. The summed E-state index contributed by atoms with van der Waals surface area (Å²) in [6.07, 6.45) is 3.78. The van der Waals surface area contributed by atoms with E-state index >= 15 is 0 Å². The second-order valence-electron chi connectivity index (χ2n) is 4.94. The summed E-state index contributed by atoms with van der Waals surface area (Å²) >= 11 is 0. The Kier molecular flexibility index (Phi) is 4.54. The third-order valence-corrected chi connectivity index (χ3v) is 3.36. The first-order valence-electron chi connectivity index (χ1n) is 6.49. The van der Waals surface area contributed by atoms with Gasteiger partial charge in [-0.05, 0) is 25.7 Å². The molecular weight excluding hydrogens is 236 g/mol. The highest BCUT2D eigenvalue weighted by molar-refractivity contribution is 5.78. The molecule has 2 aliphatic rings. The molecule has 6 nitrogen and oxygen atoms in total. The van der Waals surface area contributed by atoms with Crippen LogP contribution in [0.15, 0.2) is 0 Å². The standard InChI is InChI=1S/C12H20N2O4/c15-11(7-13-9-1-2-9)14-5-3-10(4-6-14)18-8-12(16)17/h9-10,13H,1-8H2,(H,16,17). The van der Waals surface area contributed by atoms with Gasteiger partial charge in [-0.15, -0.1) is 0 Å². The molecule has 102 valence electrons. The number of rotatable bonds is 6. The third-order valence-electron chi connectivity index (χ3n) is 3.36. The number of carbonyl (C=O) groups excluding carboxylic acids is 1. The van der Waals surface area contributed by atoms with Gasteiger partial charge in [0.2, 0.25) is 5.91 Å². The number of hydrogen-bond acceptors (Lipinski definition) is 4. The quantitative estimate of drug-likeness (QED) is 0.690. The first-order valence-corrected chi connectivity index (χ1v) is 6.49. The number of nitrogens with zero attached hydrogens (tertiary/aromatic N) is 1. The number of amides is 1. The van der Waals surface area contributed by atoms with Gasteiger partial charge in [-0.3, -0.25) is 4.79 Å². The zero-order chi connectivity index (χ0) is 13.0. The number of likely N-dealkylation sites (tertiary alicyclic amines) is 1. The van der Waals surface area contributed by atoms with Crippen molar-refractivity contribution >= 4 is 11.9 Å². The number of hydrogen-bond donors (Lipinski definition) is 2. The lowest BCUT2D eigenvalue weighted by atomic mass is 10.1. The van der Waals surface area contributed by atoms with E-state index in [9.17, 15) is 9.59 Å². The lowest BCUT2D eigenvalue weighted by molar-refractivity contribution is -0.146. The molecule has 0 bridgehead atoms.